The predicted molar refractivity (Wildman–Crippen MR) is 212 cm³/mol. The van der Waals surface area contributed by atoms with E-state index in [1.165, 1.54) is 30.8 Å². The SMILES string of the molecule is Cn1cc(S(=O)(=O)CC2(C(C)(F)F)CCC2)c(Cl)c1C(=O)Nc1ccc(F)c(Cl)c1.Cn1cc(S(=O)(=O)CC2(C(C)(F)F)CCC2)c(Cl)c1C(=O)Nc1ccc(F)c(F)c1. The van der Waals surface area contributed by atoms with Crippen molar-refractivity contribution in [2.75, 3.05) is 22.1 Å². The summed E-state index contributed by atoms with van der Waals surface area (Å²) in [5.74, 6) is -12.5. The van der Waals surface area contributed by atoms with Gasteiger partial charge in [-0.2, -0.15) is 0 Å². The van der Waals surface area contributed by atoms with Gasteiger partial charge in [0.1, 0.15) is 27.0 Å². The normalized spacial score (nSPS) is 16.2. The van der Waals surface area contributed by atoms with Crippen molar-refractivity contribution in [1.82, 2.24) is 9.13 Å². The predicted octanol–water partition coefficient (Wildman–Crippen LogP) is 10.1. The maximum Gasteiger partial charge on any atom is 0.273 e. The number of nitrogens with zero attached hydrogens (tertiary/aromatic N) is 2. The molecule has 6 rings (SSSR count). The van der Waals surface area contributed by atoms with Crippen molar-refractivity contribution in [2.24, 2.45) is 24.9 Å². The number of nitrogens with one attached hydrogen (secondary N) is 2. The minimum atomic E-state index is -4.24. The van der Waals surface area contributed by atoms with E-state index < -0.39 is 93.0 Å². The Kier molecular flexibility index (Phi) is 13.3. The molecule has 2 fully saturated rings. The summed E-state index contributed by atoms with van der Waals surface area (Å²) in [6.07, 6.45) is 3.58. The van der Waals surface area contributed by atoms with Crippen LogP contribution in [0.25, 0.3) is 0 Å². The molecule has 2 amide bonds. The van der Waals surface area contributed by atoms with Crippen LogP contribution < -0.4 is 10.6 Å². The van der Waals surface area contributed by atoms with Gasteiger partial charge in [0.05, 0.1) is 26.6 Å². The maximum absolute atomic E-state index is 14.1. The molecule has 328 valence electrons. The number of carbonyl (C=O) groups excluding carboxylic acids is 2. The Balaban J connectivity index is 0.000000228. The molecule has 2 heterocycles. The van der Waals surface area contributed by atoms with Crippen LogP contribution in [0.2, 0.25) is 15.1 Å². The monoisotopic (exact) mass is 948 g/mol. The average Bonchev–Trinajstić information content (AvgIpc) is 3.57. The second-order valence-electron chi connectivity index (χ2n) is 15.3. The fourth-order valence-corrected chi connectivity index (χ4v) is 12.8. The van der Waals surface area contributed by atoms with E-state index in [1.807, 2.05) is 0 Å². The lowest BCUT2D eigenvalue weighted by Crippen LogP contribution is -2.49. The van der Waals surface area contributed by atoms with Gasteiger partial charge in [-0.15, -0.1) is 0 Å². The van der Waals surface area contributed by atoms with E-state index in [1.54, 1.807) is 0 Å². The van der Waals surface area contributed by atoms with Gasteiger partial charge in [0.15, 0.2) is 31.3 Å². The van der Waals surface area contributed by atoms with E-state index >= 15 is 0 Å². The van der Waals surface area contributed by atoms with Gasteiger partial charge in [-0.1, -0.05) is 47.6 Å². The number of halogens is 10. The molecule has 0 unspecified atom stereocenters. The Labute approximate surface area is 356 Å². The Bertz CT molecular complexity index is 2390. The lowest BCUT2D eigenvalue weighted by molar-refractivity contribution is -0.134. The molecule has 22 heteroatoms. The number of hydrogen-bond donors (Lipinski definition) is 2. The van der Waals surface area contributed by atoms with Gasteiger partial charge in [-0.3, -0.25) is 9.59 Å². The zero-order chi connectivity index (χ0) is 45.0. The van der Waals surface area contributed by atoms with Crippen molar-refractivity contribution in [3.63, 3.8) is 0 Å². The summed E-state index contributed by atoms with van der Waals surface area (Å²) in [5, 5.41) is 3.76. The topological polar surface area (TPSA) is 136 Å². The molecule has 0 bridgehead atoms. The van der Waals surface area contributed by atoms with Gasteiger partial charge < -0.3 is 19.8 Å². The molecule has 2 aromatic heterocycles. The van der Waals surface area contributed by atoms with Crippen molar-refractivity contribution < 1.29 is 57.2 Å². The Morgan fingerprint density at radius 2 is 1.02 bits per heavy atom. The summed E-state index contributed by atoms with van der Waals surface area (Å²) in [6.45, 7) is 1.43. The molecule has 0 spiro atoms. The van der Waals surface area contributed by atoms with Crippen LogP contribution in [0.3, 0.4) is 0 Å². The van der Waals surface area contributed by atoms with Gasteiger partial charge in [0.2, 0.25) is 0 Å². The highest BCUT2D eigenvalue weighted by Gasteiger charge is 2.57. The summed E-state index contributed by atoms with van der Waals surface area (Å²) in [6, 6.07) is 6.21. The lowest BCUT2D eigenvalue weighted by Gasteiger charge is -2.45. The maximum atomic E-state index is 14.1. The molecule has 2 aliphatic rings. The molecular weight excluding hydrogens is 912 g/mol. The molecule has 60 heavy (non-hydrogen) atoms. The van der Waals surface area contributed by atoms with Gasteiger partial charge in [0.25, 0.3) is 23.7 Å². The van der Waals surface area contributed by atoms with Crippen LogP contribution in [0.1, 0.15) is 73.3 Å². The highest BCUT2D eigenvalue weighted by atomic mass is 35.5. The number of amides is 2. The van der Waals surface area contributed by atoms with E-state index in [4.69, 9.17) is 34.8 Å². The molecular formula is C38H38Cl3F7N4O6S2. The van der Waals surface area contributed by atoms with Crippen LogP contribution in [-0.4, -0.2) is 61.1 Å². The summed E-state index contributed by atoms with van der Waals surface area (Å²) < 4.78 is 150. The highest BCUT2D eigenvalue weighted by molar-refractivity contribution is 7.91. The first-order valence-electron chi connectivity index (χ1n) is 18.0. The third-order valence-electron chi connectivity index (χ3n) is 11.0. The number of carbonyl (C=O) groups is 2. The zero-order valence-electron chi connectivity index (χ0n) is 32.2. The number of aryl methyl sites for hydroxylation is 2. The first kappa shape index (κ1) is 47.3. The van der Waals surface area contributed by atoms with Crippen molar-refractivity contribution in [1.29, 1.82) is 0 Å². The largest absolute Gasteiger partial charge is 0.344 e. The van der Waals surface area contributed by atoms with E-state index in [0.717, 1.165) is 48.1 Å². The molecule has 2 N–H and O–H groups in total. The quantitative estimate of drug-likeness (QED) is 0.136. The summed E-state index contributed by atoms with van der Waals surface area (Å²) >= 11 is 18.0. The fraction of sp³-hybridized carbons (Fsp3) is 0.421. The second kappa shape index (κ2) is 16.8. The van der Waals surface area contributed by atoms with Crippen LogP contribution >= 0.6 is 34.8 Å². The fourth-order valence-electron chi connectivity index (χ4n) is 7.13. The number of sulfone groups is 2. The van der Waals surface area contributed by atoms with Gasteiger partial charge in [0, 0.05) is 54.8 Å². The van der Waals surface area contributed by atoms with Crippen LogP contribution in [0.5, 0.6) is 0 Å². The number of hydrogen-bond acceptors (Lipinski definition) is 6. The van der Waals surface area contributed by atoms with Crippen molar-refractivity contribution in [2.45, 2.75) is 74.0 Å². The number of aromatic nitrogens is 2. The van der Waals surface area contributed by atoms with E-state index in [9.17, 15) is 57.2 Å². The molecule has 2 aliphatic carbocycles. The van der Waals surface area contributed by atoms with Crippen LogP contribution in [0.4, 0.5) is 42.1 Å². The molecule has 0 atom stereocenters. The van der Waals surface area contributed by atoms with Crippen molar-refractivity contribution in [3.05, 3.63) is 92.7 Å². The van der Waals surface area contributed by atoms with Crippen LogP contribution in [-0.2, 0) is 33.8 Å². The summed E-state index contributed by atoms with van der Waals surface area (Å²) in [4.78, 5) is 24.4. The summed E-state index contributed by atoms with van der Waals surface area (Å²) in [5.41, 5.74) is -3.64. The number of alkyl halides is 4. The Morgan fingerprint density at radius 1 is 0.650 bits per heavy atom. The molecule has 10 nitrogen and oxygen atoms in total. The second-order valence-corrected chi connectivity index (χ2v) is 20.3. The number of rotatable bonds is 12. The van der Waals surface area contributed by atoms with Crippen molar-refractivity contribution in [3.8, 4) is 0 Å². The minimum Gasteiger partial charge on any atom is -0.344 e. The van der Waals surface area contributed by atoms with Gasteiger partial charge >= 0.3 is 0 Å². The van der Waals surface area contributed by atoms with Gasteiger partial charge in [-0.05, 0) is 69.9 Å². The first-order valence-corrected chi connectivity index (χ1v) is 22.4. The number of benzene rings is 2. The van der Waals surface area contributed by atoms with Crippen molar-refractivity contribution >= 4 is 77.7 Å². The smallest absolute Gasteiger partial charge is 0.273 e. The van der Waals surface area contributed by atoms with E-state index in [0.29, 0.717) is 19.8 Å². The molecule has 0 radical (unpaired) electrons. The third-order valence-corrected chi connectivity index (χ3v) is 16.2. The molecule has 0 saturated heterocycles. The minimum absolute atomic E-state index is 0.0698. The van der Waals surface area contributed by atoms with Crippen LogP contribution in [0, 0.1) is 28.3 Å². The molecule has 0 aliphatic heterocycles. The van der Waals surface area contributed by atoms with E-state index in [-0.39, 0.29) is 63.4 Å². The standard InChI is InChI=1S/C19H19Cl2F3N2O3S.C19H19ClF4N2O3S/c1-18(23,24)19(6-3-7-19)10-30(28,29)14-9-26(2)16(15(14)21)17(27)25-11-4-5-13(22)12(20)8-11;1-18(23,24)19(6-3-7-19)10-30(28,29)14-9-26(2)16(15(14)20)17(27)25-11-4-5-12(21)13(22)8-11/h2*4-5,8-9H,3,6-7,10H2,1-2H3,(H,25,27). The van der Waals surface area contributed by atoms with Crippen LogP contribution in [0.15, 0.2) is 58.6 Å². The Hall–Kier alpha value is -3.78. The number of anilines is 2. The molecule has 4 aromatic rings. The highest BCUT2D eigenvalue weighted by Crippen LogP contribution is 2.55. The Morgan fingerprint density at radius 3 is 1.33 bits per heavy atom. The molecule has 2 saturated carbocycles. The summed E-state index contributed by atoms with van der Waals surface area (Å²) in [7, 11) is -5.66. The van der Waals surface area contributed by atoms with Gasteiger partial charge in [-0.25, -0.2) is 47.6 Å². The zero-order valence-corrected chi connectivity index (χ0v) is 36.1. The third kappa shape index (κ3) is 9.34. The molecule has 2 aromatic carbocycles. The first-order chi connectivity index (χ1) is 27.5. The lowest BCUT2D eigenvalue weighted by atomic mass is 9.66. The average molecular weight is 950 g/mol. The van der Waals surface area contributed by atoms with E-state index in [2.05, 4.69) is 10.6 Å².